The minimum absolute atomic E-state index is 0.104. The summed E-state index contributed by atoms with van der Waals surface area (Å²) in [4.78, 5) is 36.4. The Morgan fingerprint density at radius 3 is 2.58 bits per heavy atom. The molecule has 100 valence electrons. The first kappa shape index (κ1) is 13.2. The molecule has 1 aromatic carbocycles. The molecule has 1 aliphatic rings. The lowest BCUT2D eigenvalue weighted by molar-refractivity contribution is -0.152. The van der Waals surface area contributed by atoms with E-state index in [0.717, 1.165) is 4.90 Å². The largest absolute Gasteiger partial charge is 0.465 e. The predicted molar refractivity (Wildman–Crippen MR) is 63.9 cm³/mol. The van der Waals surface area contributed by atoms with Crippen LogP contribution in [0.5, 0.6) is 0 Å². The molecule has 2 rings (SSSR count). The lowest BCUT2D eigenvalue weighted by atomic mass is 10.1. The van der Waals surface area contributed by atoms with Gasteiger partial charge in [-0.3, -0.25) is 14.4 Å². The van der Waals surface area contributed by atoms with Crippen molar-refractivity contribution < 1.29 is 23.5 Å². The van der Waals surface area contributed by atoms with Crippen LogP contribution >= 0.6 is 0 Å². The maximum Gasteiger partial charge on any atom is 0.326 e. The molecular formula is C13H12FNO4. The van der Waals surface area contributed by atoms with Gasteiger partial charge in [-0.15, -0.1) is 0 Å². The zero-order valence-corrected chi connectivity index (χ0v) is 10.3. The summed E-state index contributed by atoms with van der Waals surface area (Å²) in [5.41, 5.74) is 0.381. The summed E-state index contributed by atoms with van der Waals surface area (Å²) in [7, 11) is 0. The van der Waals surface area contributed by atoms with Gasteiger partial charge >= 0.3 is 5.97 Å². The minimum atomic E-state index is -1.40. The van der Waals surface area contributed by atoms with Crippen molar-refractivity contribution in [3.8, 4) is 0 Å². The van der Waals surface area contributed by atoms with E-state index in [1.165, 1.54) is 24.3 Å². The van der Waals surface area contributed by atoms with E-state index >= 15 is 0 Å². The summed E-state index contributed by atoms with van der Waals surface area (Å²) in [6, 6.07) is 5.14. The summed E-state index contributed by atoms with van der Waals surface area (Å²) in [5, 5.41) is 0. The molecule has 1 aromatic rings. The van der Waals surface area contributed by atoms with Crippen LogP contribution in [0.25, 0.3) is 0 Å². The standard InChI is InChI=1S/C13H12FNO4/c1-2-19-13(18)11-10(16)7-15(12(11)17)9-5-3-8(14)4-6-9/h3-6,11H,2,7H2,1H3. The summed E-state index contributed by atoms with van der Waals surface area (Å²) in [6.07, 6.45) is 0. The molecule has 5 nitrogen and oxygen atoms in total. The number of hydrogen-bond acceptors (Lipinski definition) is 4. The molecule has 0 spiro atoms. The van der Waals surface area contributed by atoms with Gasteiger partial charge in [-0.05, 0) is 31.2 Å². The first-order valence-corrected chi connectivity index (χ1v) is 5.81. The van der Waals surface area contributed by atoms with Crippen LogP contribution in [-0.2, 0) is 19.1 Å². The van der Waals surface area contributed by atoms with Gasteiger partial charge in [0.2, 0.25) is 5.91 Å². The Labute approximate surface area is 109 Å². The normalized spacial score (nSPS) is 18.8. The fourth-order valence-electron chi connectivity index (χ4n) is 1.92. The molecule has 0 aromatic heterocycles. The summed E-state index contributed by atoms with van der Waals surface area (Å²) in [5.74, 6) is -3.81. The number of hydrogen-bond donors (Lipinski definition) is 0. The van der Waals surface area contributed by atoms with Gasteiger partial charge in [0.1, 0.15) is 5.82 Å². The number of ketones is 1. The summed E-state index contributed by atoms with van der Waals surface area (Å²) in [6.45, 7) is 1.50. The Balaban J connectivity index is 2.22. The number of rotatable bonds is 3. The smallest absolute Gasteiger partial charge is 0.326 e. The number of amides is 1. The molecule has 1 amide bonds. The Morgan fingerprint density at radius 1 is 1.37 bits per heavy atom. The van der Waals surface area contributed by atoms with Crippen molar-refractivity contribution in [1.29, 1.82) is 0 Å². The van der Waals surface area contributed by atoms with Gasteiger partial charge in [0.25, 0.3) is 0 Å². The van der Waals surface area contributed by atoms with E-state index in [9.17, 15) is 18.8 Å². The van der Waals surface area contributed by atoms with Crippen molar-refractivity contribution in [3.05, 3.63) is 30.1 Å². The zero-order valence-electron chi connectivity index (χ0n) is 10.3. The van der Waals surface area contributed by atoms with Crippen LogP contribution in [0.3, 0.4) is 0 Å². The highest BCUT2D eigenvalue weighted by Crippen LogP contribution is 2.24. The lowest BCUT2D eigenvalue weighted by Gasteiger charge is -2.15. The van der Waals surface area contributed by atoms with Gasteiger partial charge in [0.05, 0.1) is 13.2 Å². The molecular weight excluding hydrogens is 253 g/mol. The van der Waals surface area contributed by atoms with Crippen LogP contribution in [0, 0.1) is 11.7 Å². The minimum Gasteiger partial charge on any atom is -0.465 e. The van der Waals surface area contributed by atoms with E-state index in [1.807, 2.05) is 0 Å². The third kappa shape index (κ3) is 2.47. The molecule has 0 bridgehead atoms. The van der Waals surface area contributed by atoms with Crippen molar-refractivity contribution in [2.24, 2.45) is 5.92 Å². The van der Waals surface area contributed by atoms with E-state index in [2.05, 4.69) is 0 Å². The van der Waals surface area contributed by atoms with Gasteiger partial charge in [-0.25, -0.2) is 4.39 Å². The van der Waals surface area contributed by atoms with Crippen LogP contribution in [0.2, 0.25) is 0 Å². The third-order valence-electron chi connectivity index (χ3n) is 2.81. The molecule has 1 atom stereocenters. The average molecular weight is 265 g/mol. The zero-order chi connectivity index (χ0) is 14.0. The fourth-order valence-corrected chi connectivity index (χ4v) is 1.92. The number of anilines is 1. The molecule has 0 N–H and O–H groups in total. The van der Waals surface area contributed by atoms with Gasteiger partial charge in [0.15, 0.2) is 11.7 Å². The molecule has 6 heteroatoms. The van der Waals surface area contributed by atoms with Gasteiger partial charge in [-0.1, -0.05) is 0 Å². The van der Waals surface area contributed by atoms with Crippen LogP contribution in [0.1, 0.15) is 6.92 Å². The Hall–Kier alpha value is -2.24. The van der Waals surface area contributed by atoms with E-state index in [-0.39, 0.29) is 13.2 Å². The quantitative estimate of drug-likeness (QED) is 0.602. The van der Waals surface area contributed by atoms with Crippen LogP contribution in [-0.4, -0.2) is 30.8 Å². The van der Waals surface area contributed by atoms with Crippen molar-refractivity contribution in [1.82, 2.24) is 0 Å². The molecule has 0 radical (unpaired) electrons. The van der Waals surface area contributed by atoms with Crippen molar-refractivity contribution in [2.45, 2.75) is 6.92 Å². The summed E-state index contributed by atoms with van der Waals surface area (Å²) < 4.78 is 17.5. The second-order valence-electron chi connectivity index (χ2n) is 4.05. The molecule has 0 saturated carbocycles. The van der Waals surface area contributed by atoms with Crippen molar-refractivity contribution in [3.63, 3.8) is 0 Å². The molecule has 1 aliphatic heterocycles. The van der Waals surface area contributed by atoms with E-state index < -0.39 is 29.4 Å². The molecule has 1 fully saturated rings. The Kier molecular flexibility index (Phi) is 3.59. The number of carbonyl (C=O) groups is 3. The number of nitrogens with zero attached hydrogens (tertiary/aromatic N) is 1. The average Bonchev–Trinajstić information content (AvgIpc) is 2.66. The molecule has 1 heterocycles. The molecule has 19 heavy (non-hydrogen) atoms. The van der Waals surface area contributed by atoms with Gasteiger partial charge < -0.3 is 9.64 Å². The monoisotopic (exact) mass is 265 g/mol. The number of Topliss-reactive ketones (excluding diaryl/α,β-unsaturated/α-hetero) is 1. The van der Waals surface area contributed by atoms with Gasteiger partial charge in [-0.2, -0.15) is 0 Å². The van der Waals surface area contributed by atoms with Crippen LogP contribution in [0.15, 0.2) is 24.3 Å². The van der Waals surface area contributed by atoms with Crippen LogP contribution < -0.4 is 4.90 Å². The fraction of sp³-hybridized carbons (Fsp3) is 0.308. The van der Waals surface area contributed by atoms with Crippen molar-refractivity contribution >= 4 is 23.3 Å². The maximum absolute atomic E-state index is 12.8. The van der Waals surface area contributed by atoms with Gasteiger partial charge in [0, 0.05) is 5.69 Å². The Morgan fingerprint density at radius 2 is 2.00 bits per heavy atom. The third-order valence-corrected chi connectivity index (χ3v) is 2.81. The number of halogens is 1. The topological polar surface area (TPSA) is 63.7 Å². The van der Waals surface area contributed by atoms with Crippen LogP contribution in [0.4, 0.5) is 10.1 Å². The second-order valence-corrected chi connectivity index (χ2v) is 4.05. The first-order valence-electron chi connectivity index (χ1n) is 5.81. The lowest BCUT2D eigenvalue weighted by Crippen LogP contribution is -2.32. The number of esters is 1. The van der Waals surface area contributed by atoms with E-state index in [0.29, 0.717) is 5.69 Å². The van der Waals surface area contributed by atoms with Crippen molar-refractivity contribution in [2.75, 3.05) is 18.1 Å². The van der Waals surface area contributed by atoms with E-state index in [1.54, 1.807) is 6.92 Å². The number of carbonyl (C=O) groups excluding carboxylic acids is 3. The molecule has 1 saturated heterocycles. The van der Waals surface area contributed by atoms with E-state index in [4.69, 9.17) is 4.74 Å². The highest BCUT2D eigenvalue weighted by molar-refractivity contribution is 6.27. The SMILES string of the molecule is CCOC(=O)C1C(=O)CN(c2ccc(F)cc2)C1=O. The maximum atomic E-state index is 12.8. The summed E-state index contributed by atoms with van der Waals surface area (Å²) >= 11 is 0. The number of benzene rings is 1. The highest BCUT2D eigenvalue weighted by atomic mass is 19.1. The molecule has 1 unspecified atom stereocenters. The predicted octanol–water partition coefficient (Wildman–Crippen LogP) is 0.921. The number of ether oxygens (including phenoxy) is 1. The first-order chi connectivity index (χ1) is 9.04. The highest BCUT2D eigenvalue weighted by Gasteiger charge is 2.45. The Bertz CT molecular complexity index is 526. The molecule has 0 aliphatic carbocycles. The second kappa shape index (κ2) is 5.17.